The molecule has 0 saturated carbocycles. The number of hydrogen-bond acceptors (Lipinski definition) is 3. The van der Waals surface area contributed by atoms with Crippen LogP contribution in [-0.4, -0.2) is 31.0 Å². The smallest absolute Gasteiger partial charge is 0.255 e. The van der Waals surface area contributed by atoms with Crippen LogP contribution in [0.2, 0.25) is 0 Å². The van der Waals surface area contributed by atoms with Gasteiger partial charge in [0.15, 0.2) is 0 Å². The molecule has 1 unspecified atom stereocenters. The van der Waals surface area contributed by atoms with Gasteiger partial charge in [-0.2, -0.15) is 0 Å². The highest BCUT2D eigenvalue weighted by atomic mass is 16.5. The maximum absolute atomic E-state index is 12.8. The number of likely N-dealkylation sites (tertiary alicyclic amines) is 1. The molecule has 4 nitrogen and oxygen atoms in total. The molecule has 4 heteroatoms. The third-order valence-electron chi connectivity index (χ3n) is 5.03. The lowest BCUT2D eigenvalue weighted by Gasteiger charge is -2.30. The molecule has 1 N–H and O–H groups in total. The number of hydrogen-bond donors (Lipinski definition) is 1. The molecule has 1 aliphatic rings. The summed E-state index contributed by atoms with van der Waals surface area (Å²) in [5, 5.41) is 3.01. The predicted octanol–water partition coefficient (Wildman–Crippen LogP) is 4.49. The number of methoxy groups -OCH3 is 1. The van der Waals surface area contributed by atoms with Crippen molar-refractivity contribution in [3.8, 4) is 5.75 Å². The van der Waals surface area contributed by atoms with Gasteiger partial charge in [0.1, 0.15) is 5.75 Å². The maximum Gasteiger partial charge on any atom is 0.255 e. The summed E-state index contributed by atoms with van der Waals surface area (Å²) in [5.74, 6) is 1.33. The largest absolute Gasteiger partial charge is 0.495 e. The average molecular weight is 352 g/mol. The number of rotatable bonds is 5. The van der Waals surface area contributed by atoms with E-state index >= 15 is 0 Å². The number of aryl methyl sites for hydroxylation is 1. The normalized spacial score (nSPS) is 17.7. The molecule has 2 aromatic carbocycles. The lowest BCUT2D eigenvalue weighted by atomic mass is 9.99. The van der Waals surface area contributed by atoms with E-state index in [4.69, 9.17) is 4.74 Å². The Kier molecular flexibility index (Phi) is 5.94. The van der Waals surface area contributed by atoms with Crippen molar-refractivity contribution in [1.29, 1.82) is 0 Å². The van der Waals surface area contributed by atoms with E-state index in [0.29, 0.717) is 11.3 Å². The number of benzene rings is 2. The molecule has 2 aromatic rings. The molecule has 0 aromatic heterocycles. The molecule has 0 aliphatic carbocycles. The van der Waals surface area contributed by atoms with Crippen molar-refractivity contribution in [1.82, 2.24) is 4.90 Å². The van der Waals surface area contributed by atoms with Crippen LogP contribution in [0.15, 0.2) is 42.5 Å². The number of ether oxygens (including phenoxy) is 1. The second kappa shape index (κ2) is 8.37. The first kappa shape index (κ1) is 18.5. The van der Waals surface area contributed by atoms with Crippen LogP contribution in [0.3, 0.4) is 0 Å². The maximum atomic E-state index is 12.8. The quantitative estimate of drug-likeness (QED) is 0.862. The molecule has 3 rings (SSSR count). The molecule has 1 atom stereocenters. The molecule has 0 radical (unpaired) electrons. The number of carbonyl (C=O) groups is 1. The first-order chi connectivity index (χ1) is 12.6. The monoisotopic (exact) mass is 352 g/mol. The molecule has 1 amide bonds. The minimum atomic E-state index is -0.105. The molecular weight excluding hydrogens is 324 g/mol. The predicted molar refractivity (Wildman–Crippen MR) is 106 cm³/mol. The minimum Gasteiger partial charge on any atom is -0.495 e. The fraction of sp³-hybridized carbons (Fsp3) is 0.409. The summed E-state index contributed by atoms with van der Waals surface area (Å²) in [7, 11) is 1.62. The van der Waals surface area contributed by atoms with Crippen molar-refractivity contribution in [2.45, 2.75) is 33.2 Å². The Morgan fingerprint density at radius 2 is 2.08 bits per heavy atom. The molecule has 138 valence electrons. The third kappa shape index (κ3) is 4.44. The number of amides is 1. The zero-order valence-corrected chi connectivity index (χ0v) is 15.9. The van der Waals surface area contributed by atoms with Gasteiger partial charge in [-0.05, 0) is 61.6 Å². The Balaban J connectivity index is 1.72. The van der Waals surface area contributed by atoms with Crippen LogP contribution in [-0.2, 0) is 6.54 Å². The van der Waals surface area contributed by atoms with E-state index in [0.717, 1.165) is 36.8 Å². The van der Waals surface area contributed by atoms with Crippen LogP contribution in [0, 0.1) is 12.8 Å². The Hall–Kier alpha value is -2.33. The van der Waals surface area contributed by atoms with Gasteiger partial charge in [-0.15, -0.1) is 0 Å². The van der Waals surface area contributed by atoms with Crippen LogP contribution in [0.4, 0.5) is 5.69 Å². The molecule has 1 saturated heterocycles. The van der Waals surface area contributed by atoms with Gasteiger partial charge in [0.25, 0.3) is 5.91 Å². The van der Waals surface area contributed by atoms with Gasteiger partial charge in [-0.1, -0.05) is 31.2 Å². The highest BCUT2D eigenvalue weighted by Crippen LogP contribution is 2.28. The van der Waals surface area contributed by atoms with Crippen LogP contribution in [0.25, 0.3) is 0 Å². The second-order valence-corrected chi connectivity index (χ2v) is 7.29. The second-order valence-electron chi connectivity index (χ2n) is 7.29. The summed E-state index contributed by atoms with van der Waals surface area (Å²) in [6, 6.07) is 13.7. The summed E-state index contributed by atoms with van der Waals surface area (Å²) in [6.45, 7) is 7.45. The lowest BCUT2D eigenvalue weighted by Crippen LogP contribution is -2.33. The number of piperidine rings is 1. The van der Waals surface area contributed by atoms with Crippen molar-refractivity contribution in [2.24, 2.45) is 5.92 Å². The third-order valence-corrected chi connectivity index (χ3v) is 5.03. The van der Waals surface area contributed by atoms with Crippen molar-refractivity contribution >= 4 is 11.6 Å². The van der Waals surface area contributed by atoms with Crippen LogP contribution in [0.5, 0.6) is 5.75 Å². The fourth-order valence-corrected chi connectivity index (χ4v) is 3.66. The van der Waals surface area contributed by atoms with E-state index in [1.165, 1.54) is 18.4 Å². The van der Waals surface area contributed by atoms with Gasteiger partial charge in [0.2, 0.25) is 0 Å². The van der Waals surface area contributed by atoms with Gasteiger partial charge in [-0.3, -0.25) is 9.69 Å². The minimum absolute atomic E-state index is 0.105. The summed E-state index contributed by atoms with van der Waals surface area (Å²) in [5.41, 5.74) is 3.58. The van der Waals surface area contributed by atoms with Crippen molar-refractivity contribution in [2.75, 3.05) is 25.5 Å². The van der Waals surface area contributed by atoms with Crippen LogP contribution >= 0.6 is 0 Å². The highest BCUT2D eigenvalue weighted by Gasteiger charge is 2.17. The Labute approximate surface area is 156 Å². The SMILES string of the molecule is COc1cccc(C)c1NC(=O)c1cccc(CN2CCCC(C)C2)c1. The number of carbonyl (C=O) groups excluding carboxylic acids is 1. The number of para-hydroxylation sites is 1. The molecule has 0 bridgehead atoms. The zero-order valence-electron chi connectivity index (χ0n) is 15.9. The van der Waals surface area contributed by atoms with E-state index in [1.807, 2.05) is 43.3 Å². The van der Waals surface area contributed by atoms with Crippen molar-refractivity contribution in [3.63, 3.8) is 0 Å². The number of nitrogens with zero attached hydrogens (tertiary/aromatic N) is 1. The molecule has 1 aliphatic heterocycles. The topological polar surface area (TPSA) is 41.6 Å². The standard InChI is InChI=1S/C22H28N2O2/c1-16-7-6-12-24(14-16)15-18-9-5-10-19(13-18)22(25)23-21-17(2)8-4-11-20(21)26-3/h4-5,8-11,13,16H,6-7,12,14-15H2,1-3H3,(H,23,25). The van der Waals surface area contributed by atoms with E-state index in [1.54, 1.807) is 7.11 Å². The summed E-state index contributed by atoms with van der Waals surface area (Å²) in [6.07, 6.45) is 2.58. The van der Waals surface area contributed by atoms with E-state index in [9.17, 15) is 4.79 Å². The first-order valence-electron chi connectivity index (χ1n) is 9.33. The number of nitrogens with one attached hydrogen (secondary N) is 1. The highest BCUT2D eigenvalue weighted by molar-refractivity contribution is 6.05. The van der Waals surface area contributed by atoms with Gasteiger partial charge >= 0.3 is 0 Å². The van der Waals surface area contributed by atoms with Gasteiger partial charge < -0.3 is 10.1 Å². The van der Waals surface area contributed by atoms with Gasteiger partial charge in [0, 0.05) is 18.7 Å². The van der Waals surface area contributed by atoms with E-state index in [2.05, 4.69) is 23.2 Å². The van der Waals surface area contributed by atoms with Gasteiger partial charge in [-0.25, -0.2) is 0 Å². The van der Waals surface area contributed by atoms with E-state index in [-0.39, 0.29) is 5.91 Å². The Bertz CT molecular complexity index is 772. The molecular formula is C22H28N2O2. The number of anilines is 1. The Morgan fingerprint density at radius 3 is 2.85 bits per heavy atom. The molecule has 1 fully saturated rings. The van der Waals surface area contributed by atoms with Gasteiger partial charge in [0.05, 0.1) is 12.8 Å². The fourth-order valence-electron chi connectivity index (χ4n) is 3.66. The van der Waals surface area contributed by atoms with Crippen LogP contribution < -0.4 is 10.1 Å². The van der Waals surface area contributed by atoms with Crippen LogP contribution in [0.1, 0.15) is 41.3 Å². The average Bonchev–Trinajstić information content (AvgIpc) is 2.63. The lowest BCUT2D eigenvalue weighted by molar-refractivity contribution is 0.102. The van der Waals surface area contributed by atoms with Crippen molar-refractivity contribution in [3.05, 3.63) is 59.2 Å². The Morgan fingerprint density at radius 1 is 1.27 bits per heavy atom. The summed E-state index contributed by atoms with van der Waals surface area (Å²) in [4.78, 5) is 15.2. The first-order valence-corrected chi connectivity index (χ1v) is 9.33. The molecule has 0 spiro atoms. The molecule has 1 heterocycles. The van der Waals surface area contributed by atoms with E-state index < -0.39 is 0 Å². The summed E-state index contributed by atoms with van der Waals surface area (Å²) < 4.78 is 5.38. The van der Waals surface area contributed by atoms with Crippen molar-refractivity contribution < 1.29 is 9.53 Å². The summed E-state index contributed by atoms with van der Waals surface area (Å²) >= 11 is 0. The zero-order chi connectivity index (χ0) is 18.5. The molecule has 26 heavy (non-hydrogen) atoms.